The molecule has 0 unspecified atom stereocenters. The number of aryl methyl sites for hydroxylation is 1. The van der Waals surface area contributed by atoms with Gasteiger partial charge in [-0.05, 0) is 37.8 Å². The fraction of sp³-hybridized carbons (Fsp3) is 0.588. The Kier molecular flexibility index (Phi) is 4.34. The first-order valence-electron chi connectivity index (χ1n) is 7.37. The van der Waals surface area contributed by atoms with E-state index in [-0.39, 0.29) is 16.8 Å². The van der Waals surface area contributed by atoms with Gasteiger partial charge >= 0.3 is 0 Å². The molecular formula is C17H24ClFN2. The lowest BCUT2D eigenvalue weighted by Crippen LogP contribution is -2.32. The summed E-state index contributed by atoms with van der Waals surface area (Å²) in [6, 6.07) is 4.81. The molecule has 0 saturated heterocycles. The normalized spacial score (nSPS) is 13.1. The molecule has 0 bridgehead atoms. The number of aromatic nitrogens is 2. The van der Waals surface area contributed by atoms with E-state index in [0.717, 1.165) is 17.8 Å². The third-order valence-corrected chi connectivity index (χ3v) is 3.76. The van der Waals surface area contributed by atoms with E-state index in [9.17, 15) is 4.39 Å². The molecule has 0 aliphatic rings. The number of imidazole rings is 1. The summed E-state index contributed by atoms with van der Waals surface area (Å²) in [7, 11) is 0. The molecule has 0 amide bonds. The highest BCUT2D eigenvalue weighted by Crippen LogP contribution is 2.35. The zero-order valence-electron chi connectivity index (χ0n) is 13.5. The Morgan fingerprint density at radius 3 is 2.43 bits per heavy atom. The van der Waals surface area contributed by atoms with E-state index in [2.05, 4.69) is 44.2 Å². The summed E-state index contributed by atoms with van der Waals surface area (Å²) in [5.74, 6) is 1.19. The van der Waals surface area contributed by atoms with Gasteiger partial charge in [0.15, 0.2) is 0 Å². The Hall–Kier alpha value is -1.09. The summed E-state index contributed by atoms with van der Waals surface area (Å²) in [4.78, 5) is 4.60. The van der Waals surface area contributed by atoms with Crippen molar-refractivity contribution in [2.75, 3.05) is 5.88 Å². The number of nitrogens with zero attached hydrogens (tertiary/aromatic N) is 2. The Bertz CT molecular complexity index is 638. The van der Waals surface area contributed by atoms with Crippen molar-refractivity contribution >= 4 is 22.6 Å². The molecule has 0 radical (unpaired) electrons. The van der Waals surface area contributed by atoms with Crippen molar-refractivity contribution < 1.29 is 4.39 Å². The predicted molar refractivity (Wildman–Crippen MR) is 87.5 cm³/mol. The van der Waals surface area contributed by atoms with Gasteiger partial charge in [-0.2, -0.15) is 0 Å². The predicted octanol–water partition coefficient (Wildman–Crippen LogP) is 5.13. The van der Waals surface area contributed by atoms with Crippen LogP contribution in [0.4, 0.5) is 4.39 Å². The van der Waals surface area contributed by atoms with E-state index in [0.29, 0.717) is 17.8 Å². The monoisotopic (exact) mass is 310 g/mol. The summed E-state index contributed by atoms with van der Waals surface area (Å²) in [5, 5.41) is 0. The lowest BCUT2D eigenvalue weighted by molar-refractivity contribution is 0.215. The molecule has 0 N–H and O–H groups in total. The molecule has 1 heterocycles. The van der Waals surface area contributed by atoms with Gasteiger partial charge in [-0.3, -0.25) is 0 Å². The first-order valence-corrected chi connectivity index (χ1v) is 7.91. The topological polar surface area (TPSA) is 17.8 Å². The number of rotatable bonds is 4. The number of hydrogen-bond donors (Lipinski definition) is 0. The Labute approximate surface area is 131 Å². The number of hydrogen-bond acceptors (Lipinski definition) is 1. The molecule has 0 spiro atoms. The maximum Gasteiger partial charge on any atom is 0.125 e. The van der Waals surface area contributed by atoms with Gasteiger partial charge in [0.25, 0.3) is 0 Å². The summed E-state index contributed by atoms with van der Waals surface area (Å²) in [6.07, 6.45) is 1.68. The van der Waals surface area contributed by atoms with Crippen molar-refractivity contribution in [1.82, 2.24) is 9.55 Å². The first-order chi connectivity index (χ1) is 9.64. The Morgan fingerprint density at radius 2 is 1.86 bits per heavy atom. The number of fused-ring (bicyclic) bond motifs is 1. The van der Waals surface area contributed by atoms with Gasteiger partial charge in [-0.1, -0.05) is 20.8 Å². The minimum Gasteiger partial charge on any atom is -0.322 e. The third-order valence-electron chi connectivity index (χ3n) is 3.57. The average Bonchev–Trinajstić information content (AvgIpc) is 2.63. The van der Waals surface area contributed by atoms with Crippen molar-refractivity contribution in [3.63, 3.8) is 0 Å². The molecule has 0 fully saturated rings. The summed E-state index contributed by atoms with van der Waals surface area (Å²) >= 11 is 5.92. The van der Waals surface area contributed by atoms with Crippen molar-refractivity contribution in [2.24, 2.45) is 5.41 Å². The summed E-state index contributed by atoms with van der Waals surface area (Å²) in [6.45, 7) is 11.1. The van der Waals surface area contributed by atoms with Crippen LogP contribution in [0.25, 0.3) is 11.0 Å². The SMILES string of the molecule is CC(C)(C)CC(C)(C)n1c(CCCl)nc2cc(F)ccc21. The van der Waals surface area contributed by atoms with E-state index < -0.39 is 0 Å². The average molecular weight is 311 g/mol. The van der Waals surface area contributed by atoms with Crippen LogP contribution in [-0.2, 0) is 12.0 Å². The number of benzene rings is 1. The van der Waals surface area contributed by atoms with Crippen molar-refractivity contribution in [3.05, 3.63) is 29.8 Å². The molecular weight excluding hydrogens is 287 g/mol. The second kappa shape index (κ2) is 5.60. The fourth-order valence-electron chi connectivity index (χ4n) is 3.41. The van der Waals surface area contributed by atoms with Crippen molar-refractivity contribution in [2.45, 2.75) is 53.0 Å². The van der Waals surface area contributed by atoms with Crippen LogP contribution in [0.1, 0.15) is 46.9 Å². The van der Waals surface area contributed by atoms with Gasteiger partial charge < -0.3 is 4.57 Å². The number of halogens is 2. The molecule has 2 rings (SSSR count). The van der Waals surface area contributed by atoms with E-state index in [1.165, 1.54) is 12.1 Å². The summed E-state index contributed by atoms with van der Waals surface area (Å²) < 4.78 is 15.7. The molecule has 0 saturated carbocycles. The van der Waals surface area contributed by atoms with Gasteiger partial charge in [0.2, 0.25) is 0 Å². The van der Waals surface area contributed by atoms with E-state index in [1.807, 2.05) is 6.07 Å². The van der Waals surface area contributed by atoms with Gasteiger partial charge in [-0.25, -0.2) is 9.37 Å². The zero-order chi connectivity index (χ0) is 15.8. The second-order valence-electron chi connectivity index (χ2n) is 7.49. The lowest BCUT2D eigenvalue weighted by atomic mass is 9.81. The van der Waals surface area contributed by atoms with Crippen LogP contribution in [0.15, 0.2) is 18.2 Å². The fourth-order valence-corrected chi connectivity index (χ4v) is 3.58. The minimum atomic E-state index is -0.252. The van der Waals surface area contributed by atoms with Crippen LogP contribution in [0.3, 0.4) is 0 Å². The molecule has 2 nitrogen and oxygen atoms in total. The van der Waals surface area contributed by atoms with Gasteiger partial charge in [-0.15, -0.1) is 11.6 Å². The van der Waals surface area contributed by atoms with E-state index >= 15 is 0 Å². The largest absolute Gasteiger partial charge is 0.322 e. The zero-order valence-corrected chi connectivity index (χ0v) is 14.3. The second-order valence-corrected chi connectivity index (χ2v) is 7.86. The van der Waals surface area contributed by atoms with E-state index in [1.54, 1.807) is 0 Å². The Balaban J connectivity index is 2.61. The Morgan fingerprint density at radius 1 is 1.19 bits per heavy atom. The molecule has 0 aliphatic heterocycles. The molecule has 0 atom stereocenters. The quantitative estimate of drug-likeness (QED) is 0.716. The van der Waals surface area contributed by atoms with Crippen LogP contribution in [0.5, 0.6) is 0 Å². The molecule has 21 heavy (non-hydrogen) atoms. The van der Waals surface area contributed by atoms with Crippen LogP contribution in [-0.4, -0.2) is 15.4 Å². The van der Waals surface area contributed by atoms with Gasteiger partial charge in [0.05, 0.1) is 11.0 Å². The van der Waals surface area contributed by atoms with Crippen molar-refractivity contribution in [3.8, 4) is 0 Å². The maximum atomic E-state index is 13.5. The van der Waals surface area contributed by atoms with Crippen LogP contribution in [0.2, 0.25) is 0 Å². The standard InChI is InChI=1S/C17H24ClFN2/c1-16(2,3)11-17(4,5)21-14-7-6-12(19)10-13(14)20-15(21)8-9-18/h6-7,10H,8-9,11H2,1-5H3. The lowest BCUT2D eigenvalue weighted by Gasteiger charge is -2.35. The van der Waals surface area contributed by atoms with Crippen LogP contribution in [0, 0.1) is 11.2 Å². The molecule has 1 aromatic carbocycles. The molecule has 0 aliphatic carbocycles. The maximum absolute atomic E-state index is 13.5. The summed E-state index contributed by atoms with van der Waals surface area (Å²) in [5.41, 5.74) is 1.77. The molecule has 4 heteroatoms. The molecule has 2 aromatic rings. The highest BCUT2D eigenvalue weighted by molar-refractivity contribution is 6.17. The highest BCUT2D eigenvalue weighted by Gasteiger charge is 2.30. The first kappa shape index (κ1) is 16.3. The van der Waals surface area contributed by atoms with Crippen LogP contribution >= 0.6 is 11.6 Å². The number of alkyl halides is 1. The highest BCUT2D eigenvalue weighted by atomic mass is 35.5. The van der Waals surface area contributed by atoms with Crippen LogP contribution < -0.4 is 0 Å². The smallest absolute Gasteiger partial charge is 0.125 e. The third kappa shape index (κ3) is 3.57. The molecule has 1 aromatic heterocycles. The van der Waals surface area contributed by atoms with Crippen molar-refractivity contribution in [1.29, 1.82) is 0 Å². The van der Waals surface area contributed by atoms with Gasteiger partial charge in [0, 0.05) is 23.9 Å². The minimum absolute atomic E-state index is 0.105. The van der Waals surface area contributed by atoms with Gasteiger partial charge in [0.1, 0.15) is 11.6 Å². The van der Waals surface area contributed by atoms with E-state index in [4.69, 9.17) is 11.6 Å². The molecule has 116 valence electrons.